The molecule has 2 aromatic carbocycles. The second-order valence-corrected chi connectivity index (χ2v) is 7.75. The van der Waals surface area contributed by atoms with E-state index >= 15 is 0 Å². The molecule has 3 heterocycles. The Balaban J connectivity index is 0.000000129. The first-order chi connectivity index (χ1) is 12.5. The van der Waals surface area contributed by atoms with Crippen molar-refractivity contribution in [3.63, 3.8) is 0 Å². The fourth-order valence-corrected chi connectivity index (χ4v) is 4.40. The van der Waals surface area contributed by atoms with Gasteiger partial charge >= 0.3 is 0 Å². The minimum Gasteiger partial charge on any atom is -0.376 e. The van der Waals surface area contributed by atoms with Crippen LogP contribution < -0.4 is 10.6 Å². The van der Waals surface area contributed by atoms with E-state index in [0.717, 1.165) is 28.4 Å². The lowest BCUT2D eigenvalue weighted by atomic mass is 9.71. The number of carbonyl (C=O) groups is 2. The van der Waals surface area contributed by atoms with Crippen molar-refractivity contribution in [1.82, 2.24) is 5.32 Å². The van der Waals surface area contributed by atoms with Crippen molar-refractivity contribution in [3.05, 3.63) is 42.0 Å². The Bertz CT molecular complexity index is 865. The molecule has 2 fully saturated rings. The third-order valence-corrected chi connectivity index (χ3v) is 5.70. The molecule has 0 aromatic heterocycles. The van der Waals surface area contributed by atoms with Crippen LogP contribution in [0.1, 0.15) is 37.0 Å². The summed E-state index contributed by atoms with van der Waals surface area (Å²) in [6.07, 6.45) is 1.71. The lowest BCUT2D eigenvalue weighted by Gasteiger charge is -2.51. The van der Waals surface area contributed by atoms with Crippen LogP contribution in [0.2, 0.25) is 0 Å². The molecule has 1 atom stereocenters. The van der Waals surface area contributed by atoms with Gasteiger partial charge in [-0.15, -0.1) is 0 Å². The molecule has 5 heteroatoms. The van der Waals surface area contributed by atoms with Gasteiger partial charge in [0.1, 0.15) is 0 Å². The van der Waals surface area contributed by atoms with Gasteiger partial charge in [0.2, 0.25) is 5.91 Å². The fraction of sp³-hybridized carbons (Fsp3) is 0.429. The average molecular weight is 352 g/mol. The largest absolute Gasteiger partial charge is 0.376 e. The lowest BCUT2D eigenvalue weighted by Crippen LogP contribution is -2.69. The lowest BCUT2D eigenvalue weighted by molar-refractivity contribution is -0.152. The van der Waals surface area contributed by atoms with Crippen LogP contribution >= 0.6 is 0 Å². The van der Waals surface area contributed by atoms with Gasteiger partial charge in [-0.25, -0.2) is 0 Å². The molecule has 5 rings (SSSR count). The number of anilines is 1. The number of nitrogens with one attached hydrogen (secondary N) is 2. The molecule has 0 radical (unpaired) electrons. The van der Waals surface area contributed by atoms with Crippen molar-refractivity contribution in [2.75, 3.05) is 18.5 Å². The normalized spacial score (nSPS) is 22.5. The zero-order chi connectivity index (χ0) is 18.3. The topological polar surface area (TPSA) is 67.4 Å². The average Bonchev–Trinajstić information content (AvgIpc) is 2.92. The Morgan fingerprint density at radius 2 is 1.85 bits per heavy atom. The Labute approximate surface area is 153 Å². The number of carbonyl (C=O) groups excluding carboxylic acids is 2. The van der Waals surface area contributed by atoms with Gasteiger partial charge in [-0.2, -0.15) is 0 Å². The number of benzene rings is 2. The standard InChI is InChI=1S/C11H7NO.C10H17NO2/c13-11-8-5-1-3-7-4-2-6-9(12-11)10(7)8;1-7(2)8-3-4-9(12)11-10(8)5-13-6-10/h1-6H,(H,12,13);7-8H,3-6H2,1-2H3,(H,11,12). The minimum atomic E-state index is -0.0104. The fourth-order valence-electron chi connectivity index (χ4n) is 4.40. The maximum absolute atomic E-state index is 11.4. The SMILES string of the molecule is CC(C)C1CCC(=O)NC12COC2.O=C1Nc2cccc3cccc1c23. The van der Waals surface area contributed by atoms with Crippen LogP contribution in [0, 0.1) is 11.8 Å². The first kappa shape index (κ1) is 17.0. The summed E-state index contributed by atoms with van der Waals surface area (Å²) >= 11 is 0. The highest BCUT2D eigenvalue weighted by Gasteiger charge is 2.49. The molecule has 0 bridgehead atoms. The van der Waals surface area contributed by atoms with Gasteiger partial charge in [0.25, 0.3) is 5.91 Å². The van der Waals surface area contributed by atoms with Gasteiger partial charge in [0.05, 0.1) is 18.8 Å². The van der Waals surface area contributed by atoms with Gasteiger partial charge in [-0.05, 0) is 35.8 Å². The Morgan fingerprint density at radius 3 is 2.50 bits per heavy atom. The van der Waals surface area contributed by atoms with E-state index < -0.39 is 0 Å². The molecule has 136 valence electrons. The van der Waals surface area contributed by atoms with Crippen molar-refractivity contribution >= 4 is 28.3 Å². The molecule has 5 nitrogen and oxygen atoms in total. The highest BCUT2D eigenvalue weighted by Crippen LogP contribution is 2.37. The monoisotopic (exact) mass is 352 g/mol. The van der Waals surface area contributed by atoms with Crippen LogP contribution in [0.25, 0.3) is 10.8 Å². The van der Waals surface area contributed by atoms with E-state index in [1.807, 2.05) is 36.4 Å². The van der Waals surface area contributed by atoms with E-state index in [9.17, 15) is 9.59 Å². The molecule has 3 aliphatic heterocycles. The van der Waals surface area contributed by atoms with E-state index in [2.05, 4.69) is 24.5 Å². The molecule has 2 aromatic rings. The van der Waals surface area contributed by atoms with Crippen LogP contribution in [-0.4, -0.2) is 30.6 Å². The highest BCUT2D eigenvalue weighted by molar-refractivity contribution is 6.23. The molecule has 0 saturated carbocycles. The molecule has 3 aliphatic rings. The number of rotatable bonds is 1. The minimum absolute atomic E-state index is 0.00630. The van der Waals surface area contributed by atoms with Gasteiger partial charge < -0.3 is 15.4 Å². The molecule has 1 unspecified atom stereocenters. The summed E-state index contributed by atoms with van der Waals surface area (Å²) in [5.74, 6) is 1.43. The molecule has 2 amide bonds. The van der Waals surface area contributed by atoms with E-state index in [0.29, 0.717) is 31.5 Å². The molecular weight excluding hydrogens is 328 g/mol. The zero-order valence-electron chi connectivity index (χ0n) is 15.2. The first-order valence-electron chi connectivity index (χ1n) is 9.22. The third-order valence-electron chi connectivity index (χ3n) is 5.70. The highest BCUT2D eigenvalue weighted by atomic mass is 16.5. The predicted molar refractivity (Wildman–Crippen MR) is 101 cm³/mol. The van der Waals surface area contributed by atoms with Crippen molar-refractivity contribution in [2.24, 2.45) is 11.8 Å². The smallest absolute Gasteiger partial charge is 0.256 e. The van der Waals surface area contributed by atoms with Gasteiger partial charge in [-0.1, -0.05) is 38.1 Å². The van der Waals surface area contributed by atoms with Crippen LogP contribution in [0.5, 0.6) is 0 Å². The summed E-state index contributed by atoms with van der Waals surface area (Å²) in [6.45, 7) is 5.87. The van der Waals surface area contributed by atoms with Crippen molar-refractivity contribution in [3.8, 4) is 0 Å². The van der Waals surface area contributed by atoms with Gasteiger partial charge in [0, 0.05) is 23.1 Å². The molecule has 1 spiro atoms. The summed E-state index contributed by atoms with van der Waals surface area (Å²) in [5, 5.41) is 8.10. The number of piperidine rings is 1. The zero-order valence-corrected chi connectivity index (χ0v) is 15.2. The van der Waals surface area contributed by atoms with E-state index in [1.54, 1.807) is 0 Å². The number of ether oxygens (including phenoxy) is 1. The van der Waals surface area contributed by atoms with Gasteiger partial charge in [0.15, 0.2) is 0 Å². The van der Waals surface area contributed by atoms with Gasteiger partial charge in [-0.3, -0.25) is 9.59 Å². The van der Waals surface area contributed by atoms with Crippen LogP contribution in [0.4, 0.5) is 5.69 Å². The summed E-state index contributed by atoms with van der Waals surface area (Å²) in [6, 6.07) is 11.7. The predicted octanol–water partition coefficient (Wildman–Crippen LogP) is 3.34. The molecular formula is C21H24N2O3. The number of hydrogen-bond donors (Lipinski definition) is 2. The first-order valence-corrected chi connectivity index (χ1v) is 9.22. The van der Waals surface area contributed by atoms with Crippen molar-refractivity contribution in [2.45, 2.75) is 32.2 Å². The summed E-state index contributed by atoms with van der Waals surface area (Å²) in [7, 11) is 0. The van der Waals surface area contributed by atoms with Crippen molar-refractivity contribution in [1.29, 1.82) is 0 Å². The maximum Gasteiger partial charge on any atom is 0.256 e. The molecule has 2 N–H and O–H groups in total. The quantitative estimate of drug-likeness (QED) is 0.827. The third kappa shape index (κ3) is 2.76. The van der Waals surface area contributed by atoms with E-state index in [-0.39, 0.29) is 17.4 Å². The van der Waals surface area contributed by atoms with Crippen LogP contribution in [0.3, 0.4) is 0 Å². The molecule has 26 heavy (non-hydrogen) atoms. The molecule has 2 saturated heterocycles. The van der Waals surface area contributed by atoms with E-state index in [4.69, 9.17) is 4.74 Å². The second kappa shape index (κ2) is 6.40. The Hall–Kier alpha value is -2.40. The summed E-state index contributed by atoms with van der Waals surface area (Å²) in [5.41, 5.74) is 1.70. The van der Waals surface area contributed by atoms with Crippen LogP contribution in [0.15, 0.2) is 36.4 Å². The Morgan fingerprint density at radius 1 is 1.12 bits per heavy atom. The van der Waals surface area contributed by atoms with E-state index in [1.165, 1.54) is 0 Å². The summed E-state index contributed by atoms with van der Waals surface area (Å²) in [4.78, 5) is 22.7. The number of amides is 2. The van der Waals surface area contributed by atoms with Crippen LogP contribution in [-0.2, 0) is 9.53 Å². The second-order valence-electron chi connectivity index (χ2n) is 7.75. The van der Waals surface area contributed by atoms with Crippen molar-refractivity contribution < 1.29 is 14.3 Å². The Kier molecular flexibility index (Phi) is 4.19. The number of hydrogen-bond acceptors (Lipinski definition) is 3. The maximum atomic E-state index is 11.4. The summed E-state index contributed by atoms with van der Waals surface area (Å²) < 4.78 is 5.23. The molecule has 0 aliphatic carbocycles.